The van der Waals surface area contributed by atoms with Gasteiger partial charge in [-0.1, -0.05) is 352 Å². The van der Waals surface area contributed by atoms with Crippen LogP contribution in [0, 0.1) is 0 Å². The molecule has 21 aromatic carbocycles. The molecule has 536 valence electrons. The van der Waals surface area contributed by atoms with Gasteiger partial charge in [-0.3, -0.25) is 0 Å². The zero-order chi connectivity index (χ0) is 75.3. The van der Waals surface area contributed by atoms with E-state index < -0.39 is 0 Å². The van der Waals surface area contributed by atoms with Crippen molar-refractivity contribution in [1.29, 1.82) is 0 Å². The lowest BCUT2D eigenvalue weighted by Crippen LogP contribution is -2.62. The van der Waals surface area contributed by atoms with Crippen molar-refractivity contribution in [1.82, 2.24) is 4.57 Å². The summed E-state index contributed by atoms with van der Waals surface area (Å²) in [6.45, 7) is 1.87. The lowest BCUT2D eigenvalue weighted by atomic mass is 9.33. The Morgan fingerprint density at radius 3 is 0.930 bits per heavy atom. The fourth-order valence-electron chi connectivity index (χ4n) is 21.0. The summed E-state index contributed by atoms with van der Waals surface area (Å²) in [6.07, 6.45) is 1.53. The average molecular weight is 1460 g/mol. The van der Waals surface area contributed by atoms with Crippen LogP contribution in [0.5, 0.6) is 0 Å². The minimum atomic E-state index is -0.202. The number of anilines is 4. The highest BCUT2D eigenvalue weighted by Crippen LogP contribution is 2.49. The zero-order valence-electron chi connectivity index (χ0n) is 63.4. The molecule has 3 nitrogen and oxygen atoms in total. The number of para-hydroxylation sites is 2. The molecular weight excluding hydrogens is 1390 g/mol. The molecule has 3 heterocycles. The summed E-state index contributed by atoms with van der Waals surface area (Å²) in [5.74, 6) is 0. The van der Waals surface area contributed by atoms with Crippen LogP contribution in [-0.4, -0.2) is 24.4 Å². The first-order valence-electron chi connectivity index (χ1n) is 40.7. The summed E-state index contributed by atoms with van der Waals surface area (Å²) < 4.78 is 2.58. The molecule has 0 aliphatic carbocycles. The lowest BCUT2D eigenvalue weighted by molar-refractivity contribution is 0.860. The Morgan fingerprint density at radius 1 is 0.217 bits per heavy atom. The number of rotatable bonds is 14. The fourth-order valence-corrected chi connectivity index (χ4v) is 21.0. The van der Waals surface area contributed by atoms with Crippen LogP contribution in [-0.2, 0) is 19.4 Å². The number of hydrogen-bond donors (Lipinski definition) is 0. The van der Waals surface area contributed by atoms with Gasteiger partial charge in [-0.05, 0) is 235 Å². The van der Waals surface area contributed by atoms with Crippen LogP contribution in [0.3, 0.4) is 0 Å². The normalized spacial score (nSPS) is 12.6. The van der Waals surface area contributed by atoms with Crippen molar-refractivity contribution in [3.8, 4) is 66.8 Å². The van der Waals surface area contributed by atoms with E-state index in [1.165, 1.54) is 231 Å². The predicted octanol–water partition coefficient (Wildman–Crippen LogP) is 26.9. The van der Waals surface area contributed by atoms with Gasteiger partial charge in [0.25, 0.3) is 6.71 Å². The molecule has 0 radical (unpaired) electrons. The summed E-state index contributed by atoms with van der Waals surface area (Å²) in [5, 5.41) is 23.3. The molecule has 0 amide bonds. The van der Waals surface area contributed by atoms with Crippen molar-refractivity contribution >= 4 is 154 Å². The molecule has 0 atom stereocenters. The van der Waals surface area contributed by atoms with Gasteiger partial charge in [0.1, 0.15) is 0 Å². The van der Waals surface area contributed by atoms with Gasteiger partial charge in [0, 0.05) is 64.2 Å². The van der Waals surface area contributed by atoms with Crippen molar-refractivity contribution in [2.24, 2.45) is 0 Å². The summed E-state index contributed by atoms with van der Waals surface area (Å²) in [7, 11) is 0. The molecule has 1 aromatic heterocycles. The van der Waals surface area contributed by atoms with E-state index in [1.54, 1.807) is 0 Å². The van der Waals surface area contributed by atoms with Crippen molar-refractivity contribution in [3.05, 3.63) is 405 Å². The Labute approximate surface area is 667 Å². The lowest BCUT2D eigenvalue weighted by Gasteiger charge is -2.45. The second-order valence-corrected chi connectivity index (χ2v) is 31.8. The summed E-state index contributed by atoms with van der Waals surface area (Å²) in [6, 6.07) is 148. The molecule has 2 aliphatic rings. The molecule has 0 fully saturated rings. The smallest absolute Gasteiger partial charge is 0.252 e. The summed E-state index contributed by atoms with van der Waals surface area (Å²) in [4.78, 5) is 5.54. The maximum atomic E-state index is 2.77. The monoisotopic (exact) mass is 1460 g/mol. The van der Waals surface area contributed by atoms with Crippen molar-refractivity contribution in [2.75, 3.05) is 22.9 Å². The van der Waals surface area contributed by atoms with Gasteiger partial charge in [-0.25, -0.2) is 0 Å². The summed E-state index contributed by atoms with van der Waals surface area (Å²) >= 11 is 0. The van der Waals surface area contributed by atoms with Gasteiger partial charge in [-0.2, -0.15) is 0 Å². The van der Waals surface area contributed by atoms with E-state index in [4.69, 9.17) is 0 Å². The highest BCUT2D eigenvalue weighted by atomic mass is 15.2. The quantitative estimate of drug-likeness (QED) is 0.0611. The SMILES string of the molecule is c1ccc(-c2cccc(-c3ccccc3)c2CCN2c3ccc(-c4ccc5c6cccc7cccc(c8cccc4c85)c76)cc3B3c4cc(-c5ccc6c7cccc8cccc(c9cccc5c96)c87)ccc4N(CCc4c(-c5ccccc5)cccc4-c4ccccc4)c4cc(Cn5c6ccccc6c6ccccc65)cc2c43)cc1. The van der Waals surface area contributed by atoms with Crippen molar-refractivity contribution < 1.29 is 0 Å². The summed E-state index contributed by atoms with van der Waals surface area (Å²) in [5.41, 5.74) is 30.1. The second-order valence-electron chi connectivity index (χ2n) is 31.8. The van der Waals surface area contributed by atoms with E-state index in [9.17, 15) is 0 Å². The minimum absolute atomic E-state index is 0.202. The molecule has 2 aliphatic heterocycles. The first-order chi connectivity index (χ1) is 57.1. The van der Waals surface area contributed by atoms with Crippen LogP contribution in [0.25, 0.3) is 175 Å². The highest BCUT2D eigenvalue weighted by Gasteiger charge is 2.44. The zero-order valence-corrected chi connectivity index (χ0v) is 63.4. The third-order valence-corrected chi connectivity index (χ3v) is 25.9. The Balaban J connectivity index is 0.784. The van der Waals surface area contributed by atoms with Gasteiger partial charge < -0.3 is 14.4 Å². The maximum Gasteiger partial charge on any atom is 0.252 e. The van der Waals surface area contributed by atoms with Gasteiger partial charge in [0.05, 0.1) is 0 Å². The molecule has 0 bridgehead atoms. The molecule has 0 saturated heterocycles. The van der Waals surface area contributed by atoms with Crippen LogP contribution in [0.2, 0.25) is 0 Å². The van der Waals surface area contributed by atoms with Crippen LogP contribution in [0.4, 0.5) is 22.7 Å². The highest BCUT2D eigenvalue weighted by molar-refractivity contribution is 7.00. The predicted molar refractivity (Wildman–Crippen MR) is 492 cm³/mol. The fraction of sp³-hybridized carbons (Fsp3) is 0.0450. The van der Waals surface area contributed by atoms with Crippen LogP contribution in [0.15, 0.2) is 388 Å². The topological polar surface area (TPSA) is 11.4 Å². The van der Waals surface area contributed by atoms with E-state index in [2.05, 4.69) is 403 Å². The first kappa shape index (κ1) is 65.4. The Kier molecular flexibility index (Phi) is 14.9. The molecule has 22 aromatic rings. The first-order valence-corrected chi connectivity index (χ1v) is 40.7. The van der Waals surface area contributed by atoms with E-state index in [0.717, 1.165) is 12.8 Å². The van der Waals surface area contributed by atoms with Gasteiger partial charge in [0.15, 0.2) is 0 Å². The molecule has 0 saturated carbocycles. The third kappa shape index (κ3) is 10.2. The molecule has 4 heteroatoms. The van der Waals surface area contributed by atoms with Gasteiger partial charge >= 0.3 is 0 Å². The van der Waals surface area contributed by atoms with Crippen molar-refractivity contribution in [2.45, 2.75) is 19.4 Å². The van der Waals surface area contributed by atoms with E-state index in [0.29, 0.717) is 19.6 Å². The minimum Gasteiger partial charge on any atom is -0.342 e. The Bertz CT molecular complexity index is 7030. The van der Waals surface area contributed by atoms with E-state index in [-0.39, 0.29) is 6.71 Å². The number of hydrogen-bond acceptors (Lipinski definition) is 2. The standard InChI is InChI=1S/C111H74BN3/c1-5-25-71(26-6-1)79-39-21-40-80(72-27-7-2-8-28-72)85(79)61-63-113-103-59-53-77(83-55-57-97-93-45-19-35-75-33-17-43-91(107(75)93)95-49-23-47-89(83)109(95)97)67-99(103)112-100-68-78(84-56-58-98-94-46-20-36-76-34-18-44-92(108(76)94)96-50-24-48-90(84)110(96)98)54-60-104(100)114(64-62-86-81(73-29-9-3-10-30-73)41-22-42-82(86)74-31-11-4-12-32-74)106-66-70(65-105(113)111(106)112)69-115-101-51-15-13-37-87(101)88-38-14-16-52-102(88)115/h1-60,65-68H,61-64,69H2. The molecule has 115 heavy (non-hydrogen) atoms. The van der Waals surface area contributed by atoms with E-state index in [1.807, 2.05) is 0 Å². The van der Waals surface area contributed by atoms with Crippen molar-refractivity contribution in [3.63, 3.8) is 0 Å². The van der Waals surface area contributed by atoms with Crippen LogP contribution < -0.4 is 26.2 Å². The Hall–Kier alpha value is -14.3. The maximum absolute atomic E-state index is 2.77. The van der Waals surface area contributed by atoms with Crippen LogP contribution >= 0.6 is 0 Å². The molecule has 0 N–H and O–H groups in total. The molecule has 0 unspecified atom stereocenters. The molecule has 24 rings (SSSR count). The largest absolute Gasteiger partial charge is 0.342 e. The molecule has 0 spiro atoms. The number of fused-ring (bicyclic) bond motifs is 11. The number of aromatic nitrogens is 1. The number of benzene rings is 21. The Morgan fingerprint density at radius 2 is 0.539 bits per heavy atom. The van der Waals surface area contributed by atoms with E-state index >= 15 is 0 Å². The average Bonchev–Trinajstić information content (AvgIpc) is 0.989. The van der Waals surface area contributed by atoms with Gasteiger partial charge in [0.2, 0.25) is 0 Å². The second kappa shape index (κ2) is 26.1. The third-order valence-electron chi connectivity index (χ3n) is 25.9. The van der Waals surface area contributed by atoms with Gasteiger partial charge in [-0.15, -0.1) is 0 Å². The molecular formula is C111H74BN3. The number of nitrogens with zero attached hydrogens (tertiary/aromatic N) is 3. The van der Waals surface area contributed by atoms with Crippen LogP contribution in [0.1, 0.15) is 16.7 Å².